The zero-order valence-corrected chi connectivity index (χ0v) is 4.63. The molecule has 4 heteroatoms. The summed E-state index contributed by atoms with van der Waals surface area (Å²) >= 11 is 1.46. The molecule has 1 heterocycles. The summed E-state index contributed by atoms with van der Waals surface area (Å²) in [5.41, 5.74) is 0. The van der Waals surface area contributed by atoms with Gasteiger partial charge in [-0.2, -0.15) is 10.6 Å². The molecule has 0 unspecified atom stereocenters. The van der Waals surface area contributed by atoms with Gasteiger partial charge in [-0.15, -0.1) is 11.8 Å². The summed E-state index contributed by atoms with van der Waals surface area (Å²) in [4.78, 5) is 0. The molecule has 1 radical (unpaired) electrons. The van der Waals surface area contributed by atoms with Crippen molar-refractivity contribution in [2.75, 3.05) is 5.08 Å². The maximum absolute atomic E-state index is 8.48. The highest BCUT2D eigenvalue weighted by Crippen LogP contribution is 2.59. The minimum atomic E-state index is -2.14. The Morgan fingerprint density at radius 3 is 2.00 bits per heavy atom. The molecule has 0 aromatic heterocycles. The van der Waals surface area contributed by atoms with Gasteiger partial charge in [0.15, 0.2) is 0 Å². The van der Waals surface area contributed by atoms with Crippen molar-refractivity contribution in [2.45, 2.75) is 0 Å². The number of hydrogen-bond donors (Lipinski definition) is 2. The van der Waals surface area contributed by atoms with Crippen LogP contribution in [0.25, 0.3) is 0 Å². The predicted molar refractivity (Wildman–Crippen MR) is 29.6 cm³/mol. The lowest BCUT2D eigenvalue weighted by Crippen LogP contribution is -2.06. The first-order valence-electron chi connectivity index (χ1n) is 1.41. The summed E-state index contributed by atoms with van der Waals surface area (Å²) < 4.78 is 17.0. The highest BCUT2D eigenvalue weighted by Gasteiger charge is 2.22. The molecule has 1 saturated heterocycles. The summed E-state index contributed by atoms with van der Waals surface area (Å²) in [5, 5.41) is 1.99. The van der Waals surface area contributed by atoms with E-state index in [4.69, 9.17) is 9.11 Å². The molecule has 1 aliphatic rings. The molecule has 6 heavy (non-hydrogen) atoms. The third-order valence-corrected chi connectivity index (χ3v) is 4.17. The van der Waals surface area contributed by atoms with Crippen molar-refractivity contribution in [2.24, 2.45) is 0 Å². The van der Waals surface area contributed by atoms with Crippen LogP contribution in [0, 0.1) is 5.08 Å². The van der Waals surface area contributed by atoms with E-state index in [1.54, 1.807) is 0 Å². The van der Waals surface area contributed by atoms with Gasteiger partial charge in [0.05, 0.1) is 5.08 Å². The Morgan fingerprint density at radius 2 is 2.00 bits per heavy atom. The van der Waals surface area contributed by atoms with Crippen molar-refractivity contribution in [1.29, 1.82) is 0 Å². The lowest BCUT2D eigenvalue weighted by molar-refractivity contribution is 0.502. The Labute approximate surface area is 42.3 Å². The van der Waals surface area contributed by atoms with Crippen molar-refractivity contribution >= 4 is 22.4 Å². The van der Waals surface area contributed by atoms with Gasteiger partial charge in [0.25, 0.3) is 0 Å². The summed E-state index contributed by atoms with van der Waals surface area (Å²) in [6.07, 6.45) is 0. The smallest absolute Gasteiger partial charge is 0.126 e. The lowest BCUT2D eigenvalue weighted by atomic mass is 11.8. The van der Waals surface area contributed by atoms with Crippen LogP contribution in [0.15, 0.2) is 0 Å². The molecule has 0 amide bonds. The normalized spacial score (nSPS) is 34.3. The van der Waals surface area contributed by atoms with Crippen LogP contribution >= 0.6 is 22.4 Å². The molecule has 2 N–H and O–H groups in total. The molecule has 0 aromatic rings. The van der Waals surface area contributed by atoms with Crippen LogP contribution in [0.4, 0.5) is 0 Å². The Bertz CT molecular complexity index is 56.6. The van der Waals surface area contributed by atoms with Gasteiger partial charge in [-0.1, -0.05) is 0 Å². The number of thioether (sulfide) groups is 1. The largest absolute Gasteiger partial charge is 0.298 e. The van der Waals surface area contributed by atoms with E-state index in [9.17, 15) is 0 Å². The quantitative estimate of drug-likeness (QED) is 0.516. The van der Waals surface area contributed by atoms with Gasteiger partial charge in [-0.05, 0) is 0 Å². The first kappa shape index (κ1) is 4.77. The highest BCUT2D eigenvalue weighted by atomic mass is 32.3. The van der Waals surface area contributed by atoms with Crippen molar-refractivity contribution in [3.63, 3.8) is 0 Å². The first-order valence-corrected chi connectivity index (χ1v) is 4.24. The summed E-state index contributed by atoms with van der Waals surface area (Å²) in [5.74, 6) is 0. The molecule has 2 nitrogen and oxygen atoms in total. The van der Waals surface area contributed by atoms with E-state index in [-0.39, 0.29) is 0 Å². The van der Waals surface area contributed by atoms with Crippen LogP contribution in [-0.4, -0.2) is 14.2 Å². The average Bonchev–Trinajstić information content (AvgIpc) is 1.32. The van der Waals surface area contributed by atoms with Crippen molar-refractivity contribution in [1.82, 2.24) is 0 Å². The summed E-state index contributed by atoms with van der Waals surface area (Å²) in [6, 6.07) is 0. The van der Waals surface area contributed by atoms with E-state index in [2.05, 4.69) is 0 Å². The molecule has 1 aliphatic heterocycles. The molecule has 0 bridgehead atoms. The standard InChI is InChI=1S/C2H5O2S2/c3-6(4)1-5-2-6/h1,3-4H,2H2. The summed E-state index contributed by atoms with van der Waals surface area (Å²) in [6.45, 7) is 0. The molecule has 1 rings (SSSR count). The fraction of sp³-hybridized carbons (Fsp3) is 0.500. The zero-order chi connectivity index (χ0) is 4.62. The van der Waals surface area contributed by atoms with Gasteiger partial charge in [0.2, 0.25) is 0 Å². The Kier molecular flexibility index (Phi) is 1.03. The maximum Gasteiger partial charge on any atom is 0.126 e. The molecule has 0 atom stereocenters. The SMILES string of the molecule is OS1(O)[CH]SC1. The monoisotopic (exact) mass is 125 g/mol. The first-order chi connectivity index (χ1) is 2.71. The predicted octanol–water partition coefficient (Wildman–Crippen LogP) is 1.56. The van der Waals surface area contributed by atoms with E-state index >= 15 is 0 Å². The van der Waals surface area contributed by atoms with Crippen LogP contribution in [0.1, 0.15) is 0 Å². The second kappa shape index (κ2) is 1.30. The van der Waals surface area contributed by atoms with Crippen LogP contribution in [0.5, 0.6) is 0 Å². The lowest BCUT2D eigenvalue weighted by Gasteiger charge is -2.38. The third-order valence-electron chi connectivity index (χ3n) is 0.464. The topological polar surface area (TPSA) is 40.5 Å². The van der Waals surface area contributed by atoms with Crippen LogP contribution in [-0.2, 0) is 0 Å². The van der Waals surface area contributed by atoms with Gasteiger partial charge < -0.3 is 0 Å². The molecular formula is C2H5O2S2. The minimum absolute atomic E-state index is 0.507. The number of hydrogen-bond acceptors (Lipinski definition) is 3. The molecule has 1 fully saturated rings. The van der Waals surface area contributed by atoms with E-state index in [1.807, 2.05) is 0 Å². The van der Waals surface area contributed by atoms with Crippen LogP contribution in [0.3, 0.4) is 0 Å². The van der Waals surface area contributed by atoms with Gasteiger partial charge >= 0.3 is 0 Å². The fourth-order valence-electron chi connectivity index (χ4n) is 0.190. The molecule has 0 spiro atoms. The third kappa shape index (κ3) is 0.815. The van der Waals surface area contributed by atoms with Gasteiger partial charge in [-0.25, -0.2) is 0 Å². The molecule has 0 aromatic carbocycles. The zero-order valence-electron chi connectivity index (χ0n) is 3.00. The minimum Gasteiger partial charge on any atom is -0.298 e. The second-order valence-electron chi connectivity index (χ2n) is 1.10. The Balaban J connectivity index is 2.31. The van der Waals surface area contributed by atoms with E-state index in [0.29, 0.717) is 5.08 Å². The van der Waals surface area contributed by atoms with Crippen molar-refractivity contribution in [3.8, 4) is 0 Å². The highest BCUT2D eigenvalue weighted by molar-refractivity contribution is 8.48. The number of rotatable bonds is 0. The van der Waals surface area contributed by atoms with Crippen LogP contribution < -0.4 is 0 Å². The fourth-order valence-corrected chi connectivity index (χ4v) is 1.71. The Hall–Kier alpha value is 0.620. The van der Waals surface area contributed by atoms with Crippen molar-refractivity contribution in [3.05, 3.63) is 5.08 Å². The van der Waals surface area contributed by atoms with Gasteiger partial charge in [0, 0.05) is 0 Å². The maximum atomic E-state index is 8.48. The van der Waals surface area contributed by atoms with Crippen LogP contribution in [0.2, 0.25) is 0 Å². The molecular weight excluding hydrogens is 120 g/mol. The summed E-state index contributed by atoms with van der Waals surface area (Å²) in [7, 11) is -2.14. The average molecular weight is 125 g/mol. The van der Waals surface area contributed by atoms with E-state index < -0.39 is 10.6 Å². The van der Waals surface area contributed by atoms with E-state index in [1.165, 1.54) is 16.8 Å². The molecule has 0 aliphatic carbocycles. The van der Waals surface area contributed by atoms with Crippen molar-refractivity contribution < 1.29 is 9.11 Å². The molecule has 37 valence electrons. The van der Waals surface area contributed by atoms with Gasteiger partial charge in [-0.3, -0.25) is 9.11 Å². The second-order valence-corrected chi connectivity index (χ2v) is 4.58. The molecule has 0 saturated carbocycles. The van der Waals surface area contributed by atoms with E-state index in [0.717, 1.165) is 0 Å². The Morgan fingerprint density at radius 1 is 1.67 bits per heavy atom. The van der Waals surface area contributed by atoms with Gasteiger partial charge in [0.1, 0.15) is 5.08 Å².